The van der Waals surface area contributed by atoms with E-state index in [1.54, 1.807) is 6.20 Å². The Morgan fingerprint density at radius 1 is 1.33 bits per heavy atom. The Morgan fingerprint density at radius 3 is 2.73 bits per heavy atom. The van der Waals surface area contributed by atoms with Gasteiger partial charge in [0.05, 0.1) is 18.0 Å². The van der Waals surface area contributed by atoms with E-state index in [2.05, 4.69) is 10.3 Å². The molecule has 0 spiro atoms. The average Bonchev–Trinajstić information content (AvgIpc) is 2.31. The van der Waals surface area contributed by atoms with Crippen LogP contribution < -0.4 is 11.1 Å². The lowest BCUT2D eigenvalue weighted by Gasteiger charge is -2.18. The summed E-state index contributed by atoms with van der Waals surface area (Å²) in [5.41, 5.74) is 7.36. The first-order chi connectivity index (χ1) is 7.31. The van der Waals surface area contributed by atoms with Crippen molar-refractivity contribution in [3.05, 3.63) is 42.1 Å². The lowest BCUT2D eigenvalue weighted by atomic mass is 10.1. The molecule has 1 aromatic carbocycles. The molecule has 3 N–H and O–H groups in total. The number of aliphatic imine (C=N–C) groups is 1. The summed E-state index contributed by atoms with van der Waals surface area (Å²) in [7, 11) is 0. The second-order valence-electron chi connectivity index (χ2n) is 3.17. The Hall–Kier alpha value is -2.28. The highest BCUT2D eigenvalue weighted by Gasteiger charge is 2.17. The standard InChI is InChI=1S/C11H10N4/c12-6-9-11(13)14-7-10(15-9)8-4-2-1-3-5-8/h1-5,7,9,15H,(H2,13,14). The molecule has 0 saturated heterocycles. The first-order valence-corrected chi connectivity index (χ1v) is 4.56. The van der Waals surface area contributed by atoms with Crippen LogP contribution in [0.3, 0.4) is 0 Å². The molecule has 0 amide bonds. The Morgan fingerprint density at radius 2 is 2.07 bits per heavy atom. The van der Waals surface area contributed by atoms with Gasteiger partial charge in [-0.2, -0.15) is 5.26 Å². The maximum Gasteiger partial charge on any atom is 0.172 e. The molecule has 74 valence electrons. The molecular weight excluding hydrogens is 188 g/mol. The van der Waals surface area contributed by atoms with E-state index in [-0.39, 0.29) is 0 Å². The number of rotatable bonds is 1. The van der Waals surface area contributed by atoms with Gasteiger partial charge in [-0.1, -0.05) is 30.3 Å². The smallest absolute Gasteiger partial charge is 0.172 e. The normalized spacial score (nSPS) is 19.5. The molecule has 4 nitrogen and oxygen atoms in total. The molecule has 1 heterocycles. The monoisotopic (exact) mass is 198 g/mol. The van der Waals surface area contributed by atoms with Crippen LogP contribution in [0.5, 0.6) is 0 Å². The highest BCUT2D eigenvalue weighted by Crippen LogP contribution is 2.14. The van der Waals surface area contributed by atoms with Crippen molar-refractivity contribution in [3.63, 3.8) is 0 Å². The highest BCUT2D eigenvalue weighted by atomic mass is 15.0. The van der Waals surface area contributed by atoms with Gasteiger partial charge in [-0.15, -0.1) is 0 Å². The minimum atomic E-state index is -0.537. The second kappa shape index (κ2) is 3.84. The number of hydrogen-bond acceptors (Lipinski definition) is 4. The maximum atomic E-state index is 8.83. The lowest BCUT2D eigenvalue weighted by molar-refractivity contribution is 0.880. The zero-order valence-electron chi connectivity index (χ0n) is 8.01. The Balaban J connectivity index is 2.31. The number of amidine groups is 1. The van der Waals surface area contributed by atoms with Crippen LogP contribution in [0.1, 0.15) is 5.56 Å². The van der Waals surface area contributed by atoms with Crippen molar-refractivity contribution in [2.45, 2.75) is 6.04 Å². The van der Waals surface area contributed by atoms with Gasteiger partial charge in [0.1, 0.15) is 5.84 Å². The highest BCUT2D eigenvalue weighted by molar-refractivity contribution is 5.92. The van der Waals surface area contributed by atoms with Crippen LogP contribution >= 0.6 is 0 Å². The van der Waals surface area contributed by atoms with E-state index in [1.807, 2.05) is 36.4 Å². The Bertz CT molecular complexity index is 453. The molecule has 15 heavy (non-hydrogen) atoms. The fourth-order valence-corrected chi connectivity index (χ4v) is 1.35. The molecular formula is C11H10N4. The fourth-order valence-electron chi connectivity index (χ4n) is 1.35. The zero-order chi connectivity index (χ0) is 10.7. The summed E-state index contributed by atoms with van der Waals surface area (Å²) >= 11 is 0. The molecule has 1 atom stereocenters. The summed E-state index contributed by atoms with van der Waals surface area (Å²) in [6.07, 6.45) is 1.64. The van der Waals surface area contributed by atoms with Crippen LogP contribution in [0.15, 0.2) is 41.5 Å². The van der Waals surface area contributed by atoms with Crippen LogP contribution in [0.2, 0.25) is 0 Å². The summed E-state index contributed by atoms with van der Waals surface area (Å²) in [6.45, 7) is 0. The van der Waals surface area contributed by atoms with Crippen molar-refractivity contribution in [2.24, 2.45) is 10.7 Å². The third-order valence-corrected chi connectivity index (χ3v) is 2.15. The number of hydrogen-bond donors (Lipinski definition) is 2. The first kappa shape index (κ1) is 9.28. The van der Waals surface area contributed by atoms with Gasteiger partial charge in [-0.3, -0.25) is 0 Å². The number of nitriles is 1. The molecule has 2 rings (SSSR count). The van der Waals surface area contributed by atoms with Crippen LogP contribution in [0.4, 0.5) is 0 Å². The van der Waals surface area contributed by atoms with E-state index < -0.39 is 6.04 Å². The molecule has 0 aromatic heterocycles. The van der Waals surface area contributed by atoms with Crippen molar-refractivity contribution in [1.82, 2.24) is 5.32 Å². The number of nitrogens with two attached hydrogens (primary N) is 1. The van der Waals surface area contributed by atoms with Crippen molar-refractivity contribution >= 4 is 11.5 Å². The van der Waals surface area contributed by atoms with Crippen molar-refractivity contribution < 1.29 is 0 Å². The average molecular weight is 198 g/mol. The summed E-state index contributed by atoms with van der Waals surface area (Å²) in [4.78, 5) is 3.99. The Kier molecular flexibility index (Phi) is 2.38. The van der Waals surface area contributed by atoms with Gasteiger partial charge in [-0.05, 0) is 5.56 Å². The molecule has 1 aromatic rings. The van der Waals surface area contributed by atoms with Crippen LogP contribution in [-0.2, 0) is 0 Å². The van der Waals surface area contributed by atoms with E-state index in [1.165, 1.54) is 0 Å². The Labute approximate surface area is 87.7 Å². The molecule has 0 aliphatic carbocycles. The zero-order valence-corrected chi connectivity index (χ0v) is 8.01. The lowest BCUT2D eigenvalue weighted by Crippen LogP contribution is -2.41. The van der Waals surface area contributed by atoms with Crippen LogP contribution in [-0.4, -0.2) is 11.9 Å². The molecule has 4 heteroatoms. The summed E-state index contributed by atoms with van der Waals surface area (Å²) < 4.78 is 0. The van der Waals surface area contributed by atoms with Gasteiger partial charge >= 0.3 is 0 Å². The number of nitrogens with one attached hydrogen (secondary N) is 1. The predicted octanol–water partition coefficient (Wildman–Crippen LogP) is 0.838. The molecule has 0 fully saturated rings. The van der Waals surface area contributed by atoms with E-state index >= 15 is 0 Å². The van der Waals surface area contributed by atoms with Crippen molar-refractivity contribution in [1.29, 1.82) is 5.26 Å². The van der Waals surface area contributed by atoms with Gasteiger partial charge < -0.3 is 11.1 Å². The van der Waals surface area contributed by atoms with Crippen LogP contribution in [0.25, 0.3) is 5.70 Å². The fraction of sp³-hybridized carbons (Fsp3) is 0.0909. The molecule has 1 aliphatic rings. The SMILES string of the molecule is N#CC1NC(c2ccccc2)=CN=C1N. The van der Waals surface area contributed by atoms with Gasteiger partial charge in [-0.25, -0.2) is 4.99 Å². The second-order valence-corrected chi connectivity index (χ2v) is 3.17. The number of nitrogens with zero attached hydrogens (tertiary/aromatic N) is 2. The van der Waals surface area contributed by atoms with E-state index in [0.717, 1.165) is 11.3 Å². The molecule has 0 saturated carbocycles. The minimum Gasteiger partial charge on any atom is -0.385 e. The van der Waals surface area contributed by atoms with E-state index in [0.29, 0.717) is 5.84 Å². The minimum absolute atomic E-state index is 0.303. The summed E-state index contributed by atoms with van der Waals surface area (Å²) in [5.74, 6) is 0.303. The maximum absolute atomic E-state index is 8.83. The van der Waals surface area contributed by atoms with Gasteiger partial charge in [0.15, 0.2) is 6.04 Å². The molecule has 1 unspecified atom stereocenters. The third-order valence-electron chi connectivity index (χ3n) is 2.15. The number of benzene rings is 1. The predicted molar refractivity (Wildman–Crippen MR) is 58.6 cm³/mol. The van der Waals surface area contributed by atoms with Crippen molar-refractivity contribution in [2.75, 3.05) is 0 Å². The van der Waals surface area contributed by atoms with Gasteiger partial charge in [0.25, 0.3) is 0 Å². The van der Waals surface area contributed by atoms with Crippen LogP contribution in [0, 0.1) is 11.3 Å². The topological polar surface area (TPSA) is 74.2 Å². The van der Waals surface area contributed by atoms with E-state index in [9.17, 15) is 0 Å². The summed E-state index contributed by atoms with van der Waals surface area (Å²) in [6, 6.07) is 11.2. The van der Waals surface area contributed by atoms with Crippen molar-refractivity contribution in [3.8, 4) is 6.07 Å². The van der Waals surface area contributed by atoms with E-state index in [4.69, 9.17) is 11.0 Å². The quantitative estimate of drug-likeness (QED) is 0.702. The molecule has 0 bridgehead atoms. The molecule has 0 radical (unpaired) electrons. The first-order valence-electron chi connectivity index (χ1n) is 4.56. The largest absolute Gasteiger partial charge is 0.385 e. The van der Waals surface area contributed by atoms with Gasteiger partial charge in [0.2, 0.25) is 0 Å². The molecule has 1 aliphatic heterocycles. The van der Waals surface area contributed by atoms with Gasteiger partial charge in [0, 0.05) is 0 Å². The third kappa shape index (κ3) is 1.81. The summed E-state index contributed by atoms with van der Waals surface area (Å²) in [5, 5.41) is 11.8.